The highest BCUT2D eigenvalue weighted by Gasteiger charge is 2.03. The van der Waals surface area contributed by atoms with Gasteiger partial charge in [-0.25, -0.2) is 4.98 Å². The zero-order chi connectivity index (χ0) is 13.7. The fourth-order valence-corrected chi connectivity index (χ4v) is 2.43. The van der Waals surface area contributed by atoms with Gasteiger partial charge in [0.1, 0.15) is 0 Å². The third kappa shape index (κ3) is 3.88. The molecule has 102 valence electrons. The maximum absolute atomic E-state index is 6.14. The molecule has 0 fully saturated rings. The number of nitrogens with one attached hydrogen (secondary N) is 1. The van der Waals surface area contributed by atoms with Gasteiger partial charge in [0, 0.05) is 35.5 Å². The van der Waals surface area contributed by atoms with E-state index in [0.29, 0.717) is 10.0 Å². The second-order valence-electron chi connectivity index (χ2n) is 4.36. The van der Waals surface area contributed by atoms with Crippen LogP contribution in [0.15, 0.2) is 30.6 Å². The van der Waals surface area contributed by atoms with E-state index in [-0.39, 0.29) is 0 Å². The highest BCUT2D eigenvalue weighted by Crippen LogP contribution is 2.21. The molecule has 0 bridgehead atoms. The van der Waals surface area contributed by atoms with E-state index in [9.17, 15) is 0 Å². The smallest absolute Gasteiger partial charge is 0.202 e. The Morgan fingerprint density at radius 3 is 2.89 bits per heavy atom. The maximum atomic E-state index is 6.14. The fraction of sp³-hybridized carbons (Fsp3) is 0.357. The van der Waals surface area contributed by atoms with Gasteiger partial charge in [-0.2, -0.15) is 0 Å². The Balaban J connectivity index is 1.91. The maximum Gasteiger partial charge on any atom is 0.202 e. The summed E-state index contributed by atoms with van der Waals surface area (Å²) in [4.78, 5) is 4.30. The Morgan fingerprint density at radius 2 is 2.16 bits per heavy atom. The van der Waals surface area contributed by atoms with E-state index >= 15 is 0 Å². The summed E-state index contributed by atoms with van der Waals surface area (Å²) < 4.78 is 2.11. The standard InChI is InChI=1S/C14H17Cl2N3/c1-2-8-19-9-7-18-14(19)17-6-5-11-3-4-12(15)10-13(11)16/h3-4,7,9-10H,2,5-6,8H2,1H3,(H,17,18). The van der Waals surface area contributed by atoms with Crippen LogP contribution in [-0.2, 0) is 13.0 Å². The van der Waals surface area contributed by atoms with Crippen LogP contribution in [0.2, 0.25) is 10.0 Å². The fourth-order valence-electron chi connectivity index (χ4n) is 1.93. The second kappa shape index (κ2) is 6.83. The van der Waals surface area contributed by atoms with E-state index in [1.165, 1.54) is 0 Å². The Morgan fingerprint density at radius 1 is 1.32 bits per heavy atom. The summed E-state index contributed by atoms with van der Waals surface area (Å²) in [7, 11) is 0. The molecule has 5 heteroatoms. The predicted octanol–water partition coefficient (Wildman–Crippen LogP) is 4.25. The lowest BCUT2D eigenvalue weighted by Crippen LogP contribution is -2.10. The average molecular weight is 298 g/mol. The number of rotatable bonds is 6. The molecule has 0 atom stereocenters. The summed E-state index contributed by atoms with van der Waals surface area (Å²) in [6, 6.07) is 5.60. The van der Waals surface area contributed by atoms with Crippen LogP contribution in [0.4, 0.5) is 5.95 Å². The molecule has 0 saturated heterocycles. The van der Waals surface area contributed by atoms with Crippen LogP contribution in [-0.4, -0.2) is 16.1 Å². The van der Waals surface area contributed by atoms with Crippen LogP contribution in [0.25, 0.3) is 0 Å². The number of hydrogen-bond donors (Lipinski definition) is 1. The van der Waals surface area contributed by atoms with Crippen LogP contribution in [0, 0.1) is 0 Å². The zero-order valence-corrected chi connectivity index (χ0v) is 12.4. The van der Waals surface area contributed by atoms with Gasteiger partial charge >= 0.3 is 0 Å². The number of anilines is 1. The van der Waals surface area contributed by atoms with E-state index < -0.39 is 0 Å². The third-order valence-corrected chi connectivity index (χ3v) is 3.46. The number of aromatic nitrogens is 2. The molecule has 0 aliphatic rings. The van der Waals surface area contributed by atoms with E-state index in [0.717, 1.165) is 37.4 Å². The Hall–Kier alpha value is -1.19. The second-order valence-corrected chi connectivity index (χ2v) is 5.20. The lowest BCUT2D eigenvalue weighted by Gasteiger charge is -2.09. The van der Waals surface area contributed by atoms with Gasteiger partial charge in [-0.3, -0.25) is 0 Å². The van der Waals surface area contributed by atoms with E-state index in [4.69, 9.17) is 23.2 Å². The molecule has 0 aliphatic carbocycles. The van der Waals surface area contributed by atoms with Gasteiger partial charge in [-0.1, -0.05) is 36.2 Å². The Kier molecular flexibility index (Phi) is 5.11. The molecule has 19 heavy (non-hydrogen) atoms. The number of imidazole rings is 1. The molecule has 2 aromatic rings. The molecular formula is C14H17Cl2N3. The van der Waals surface area contributed by atoms with Gasteiger partial charge in [-0.05, 0) is 30.5 Å². The largest absolute Gasteiger partial charge is 0.355 e. The molecular weight excluding hydrogens is 281 g/mol. The SMILES string of the molecule is CCCn1ccnc1NCCc1ccc(Cl)cc1Cl. The summed E-state index contributed by atoms with van der Waals surface area (Å²) in [6.07, 6.45) is 5.73. The number of hydrogen-bond acceptors (Lipinski definition) is 2. The molecule has 0 unspecified atom stereocenters. The molecule has 0 aliphatic heterocycles. The number of aryl methyl sites for hydroxylation is 1. The molecule has 2 rings (SSSR count). The van der Waals surface area contributed by atoms with Gasteiger partial charge in [0.15, 0.2) is 0 Å². The summed E-state index contributed by atoms with van der Waals surface area (Å²) in [5.74, 6) is 0.909. The van der Waals surface area contributed by atoms with E-state index in [1.807, 2.05) is 24.5 Å². The molecule has 0 spiro atoms. The summed E-state index contributed by atoms with van der Waals surface area (Å²) in [6.45, 7) is 3.92. The summed E-state index contributed by atoms with van der Waals surface area (Å²) in [5.41, 5.74) is 1.09. The van der Waals surface area contributed by atoms with Crippen molar-refractivity contribution < 1.29 is 0 Å². The van der Waals surface area contributed by atoms with Crippen molar-refractivity contribution in [3.8, 4) is 0 Å². The first-order valence-electron chi connectivity index (χ1n) is 6.39. The van der Waals surface area contributed by atoms with Gasteiger partial charge in [0.25, 0.3) is 0 Å². The average Bonchev–Trinajstić information content (AvgIpc) is 2.80. The lowest BCUT2D eigenvalue weighted by atomic mass is 10.1. The summed E-state index contributed by atoms with van der Waals surface area (Å²) >= 11 is 12.0. The predicted molar refractivity (Wildman–Crippen MR) is 81.2 cm³/mol. The number of halogens is 2. The first kappa shape index (κ1) is 14.2. The normalized spacial score (nSPS) is 10.7. The molecule has 0 radical (unpaired) electrons. The van der Waals surface area contributed by atoms with Crippen LogP contribution < -0.4 is 5.32 Å². The number of benzene rings is 1. The molecule has 1 aromatic carbocycles. The first-order chi connectivity index (χ1) is 9.20. The Labute approximate surface area is 123 Å². The van der Waals surface area contributed by atoms with Crippen molar-refractivity contribution in [1.29, 1.82) is 0 Å². The molecule has 1 N–H and O–H groups in total. The molecule has 3 nitrogen and oxygen atoms in total. The van der Waals surface area contributed by atoms with Crippen LogP contribution >= 0.6 is 23.2 Å². The van der Waals surface area contributed by atoms with Crippen molar-refractivity contribution >= 4 is 29.2 Å². The minimum atomic E-state index is 0.667. The van der Waals surface area contributed by atoms with E-state index in [1.54, 1.807) is 6.07 Å². The first-order valence-corrected chi connectivity index (χ1v) is 7.15. The quantitative estimate of drug-likeness (QED) is 0.863. The highest BCUT2D eigenvalue weighted by molar-refractivity contribution is 6.35. The minimum absolute atomic E-state index is 0.667. The van der Waals surface area contributed by atoms with E-state index in [2.05, 4.69) is 21.8 Å². The van der Waals surface area contributed by atoms with Crippen molar-refractivity contribution in [2.24, 2.45) is 0 Å². The van der Waals surface area contributed by atoms with Crippen molar-refractivity contribution in [3.63, 3.8) is 0 Å². The third-order valence-electron chi connectivity index (χ3n) is 2.87. The minimum Gasteiger partial charge on any atom is -0.355 e. The van der Waals surface area contributed by atoms with Crippen molar-refractivity contribution in [3.05, 3.63) is 46.2 Å². The summed E-state index contributed by atoms with van der Waals surface area (Å²) in [5, 5.41) is 4.71. The van der Waals surface area contributed by atoms with Crippen LogP contribution in [0.5, 0.6) is 0 Å². The van der Waals surface area contributed by atoms with Crippen LogP contribution in [0.1, 0.15) is 18.9 Å². The molecule has 0 saturated carbocycles. The van der Waals surface area contributed by atoms with Crippen molar-refractivity contribution in [1.82, 2.24) is 9.55 Å². The van der Waals surface area contributed by atoms with Crippen molar-refractivity contribution in [2.45, 2.75) is 26.3 Å². The van der Waals surface area contributed by atoms with Gasteiger partial charge < -0.3 is 9.88 Å². The lowest BCUT2D eigenvalue weighted by molar-refractivity contribution is 0.682. The van der Waals surface area contributed by atoms with Crippen LogP contribution in [0.3, 0.4) is 0 Å². The molecule has 1 heterocycles. The Bertz CT molecular complexity index is 537. The zero-order valence-electron chi connectivity index (χ0n) is 10.9. The monoisotopic (exact) mass is 297 g/mol. The number of nitrogens with zero attached hydrogens (tertiary/aromatic N) is 2. The van der Waals surface area contributed by atoms with Crippen molar-refractivity contribution in [2.75, 3.05) is 11.9 Å². The topological polar surface area (TPSA) is 29.9 Å². The van der Waals surface area contributed by atoms with Gasteiger partial charge in [0.2, 0.25) is 5.95 Å². The molecule has 0 amide bonds. The molecule has 1 aromatic heterocycles. The highest BCUT2D eigenvalue weighted by atomic mass is 35.5. The van der Waals surface area contributed by atoms with Gasteiger partial charge in [0.05, 0.1) is 0 Å². The van der Waals surface area contributed by atoms with Gasteiger partial charge in [-0.15, -0.1) is 0 Å².